The third kappa shape index (κ3) is 5.20. The quantitative estimate of drug-likeness (QED) is 0.583. The number of carbonyl (C=O) groups excluding carboxylic acids is 2. The highest BCUT2D eigenvalue weighted by Crippen LogP contribution is 2.16. The molecule has 2 N–H and O–H groups in total. The molecule has 0 aromatic heterocycles. The van der Waals surface area contributed by atoms with Crippen LogP contribution in [0.15, 0.2) is 0 Å². The molecule has 17 heavy (non-hydrogen) atoms. The lowest BCUT2D eigenvalue weighted by atomic mass is 10.1. The van der Waals surface area contributed by atoms with E-state index in [0.29, 0.717) is 0 Å². The maximum absolute atomic E-state index is 11.7. The van der Waals surface area contributed by atoms with E-state index in [9.17, 15) is 9.59 Å². The SMILES string of the molecule is CCC(C)NC(=O)C(=O)NC1CCCCCC1. The summed E-state index contributed by atoms with van der Waals surface area (Å²) >= 11 is 0. The van der Waals surface area contributed by atoms with Crippen LogP contribution in [0.25, 0.3) is 0 Å². The molecule has 1 atom stereocenters. The van der Waals surface area contributed by atoms with Crippen LogP contribution in [0.2, 0.25) is 0 Å². The van der Waals surface area contributed by atoms with Gasteiger partial charge in [0.25, 0.3) is 0 Å². The Labute approximate surface area is 104 Å². The Hall–Kier alpha value is -1.06. The molecule has 0 heterocycles. The Balaban J connectivity index is 2.34. The van der Waals surface area contributed by atoms with Crippen molar-refractivity contribution in [1.82, 2.24) is 10.6 Å². The van der Waals surface area contributed by atoms with Crippen molar-refractivity contribution in [3.8, 4) is 0 Å². The van der Waals surface area contributed by atoms with Gasteiger partial charge in [-0.2, -0.15) is 0 Å². The molecule has 0 aliphatic heterocycles. The second-order valence-corrected chi connectivity index (χ2v) is 4.94. The van der Waals surface area contributed by atoms with Gasteiger partial charge in [0.15, 0.2) is 0 Å². The first kappa shape index (κ1) is 14.0. The third-order valence-electron chi connectivity index (χ3n) is 3.39. The number of nitrogens with one attached hydrogen (secondary N) is 2. The van der Waals surface area contributed by atoms with Gasteiger partial charge in [-0.25, -0.2) is 0 Å². The number of hydrogen-bond donors (Lipinski definition) is 2. The van der Waals surface area contributed by atoms with Gasteiger partial charge in [-0.05, 0) is 26.2 Å². The van der Waals surface area contributed by atoms with Crippen LogP contribution in [-0.2, 0) is 9.59 Å². The lowest BCUT2D eigenvalue weighted by Gasteiger charge is -2.17. The highest BCUT2D eigenvalue weighted by molar-refractivity contribution is 6.35. The summed E-state index contributed by atoms with van der Waals surface area (Å²) in [7, 11) is 0. The molecule has 0 aromatic carbocycles. The summed E-state index contributed by atoms with van der Waals surface area (Å²) in [4.78, 5) is 23.2. The van der Waals surface area contributed by atoms with Gasteiger partial charge in [-0.1, -0.05) is 32.6 Å². The van der Waals surface area contributed by atoms with Gasteiger partial charge in [-0.3, -0.25) is 9.59 Å². The molecule has 1 aliphatic rings. The van der Waals surface area contributed by atoms with Crippen LogP contribution in [0.4, 0.5) is 0 Å². The molecule has 0 saturated heterocycles. The first-order valence-corrected chi connectivity index (χ1v) is 6.74. The first-order chi connectivity index (χ1) is 8.13. The van der Waals surface area contributed by atoms with Crippen LogP contribution in [-0.4, -0.2) is 23.9 Å². The van der Waals surface area contributed by atoms with E-state index in [-0.39, 0.29) is 12.1 Å². The number of amides is 2. The molecule has 4 nitrogen and oxygen atoms in total. The Morgan fingerprint density at radius 2 is 1.71 bits per heavy atom. The predicted octanol–water partition coefficient (Wildman–Crippen LogP) is 1.74. The van der Waals surface area contributed by atoms with Gasteiger partial charge in [0.1, 0.15) is 0 Å². The second kappa shape index (κ2) is 7.30. The monoisotopic (exact) mass is 240 g/mol. The maximum Gasteiger partial charge on any atom is 0.309 e. The van der Waals surface area contributed by atoms with Crippen LogP contribution >= 0.6 is 0 Å². The second-order valence-electron chi connectivity index (χ2n) is 4.94. The number of carbonyl (C=O) groups is 2. The standard InChI is InChI=1S/C13H24N2O2/c1-3-10(2)14-12(16)13(17)15-11-8-6-4-5-7-9-11/h10-11H,3-9H2,1-2H3,(H,14,16)(H,15,17). The van der Waals surface area contributed by atoms with Crippen molar-refractivity contribution in [3.63, 3.8) is 0 Å². The summed E-state index contributed by atoms with van der Waals surface area (Å²) in [5, 5.41) is 5.52. The minimum atomic E-state index is -0.497. The van der Waals surface area contributed by atoms with Crippen molar-refractivity contribution < 1.29 is 9.59 Å². The zero-order chi connectivity index (χ0) is 12.7. The van der Waals surface area contributed by atoms with Gasteiger partial charge in [0.05, 0.1) is 0 Å². The van der Waals surface area contributed by atoms with Crippen molar-refractivity contribution in [2.24, 2.45) is 0 Å². The zero-order valence-electron chi connectivity index (χ0n) is 10.9. The molecule has 4 heteroatoms. The lowest BCUT2D eigenvalue weighted by Crippen LogP contribution is -2.46. The minimum absolute atomic E-state index is 0.0578. The summed E-state index contributed by atoms with van der Waals surface area (Å²) < 4.78 is 0. The van der Waals surface area contributed by atoms with E-state index in [1.54, 1.807) is 0 Å². The molecule has 0 radical (unpaired) electrons. The molecule has 1 aliphatic carbocycles. The largest absolute Gasteiger partial charge is 0.345 e. The Morgan fingerprint density at radius 1 is 1.12 bits per heavy atom. The molecule has 0 aromatic rings. The van der Waals surface area contributed by atoms with E-state index in [1.165, 1.54) is 12.8 Å². The van der Waals surface area contributed by atoms with Gasteiger partial charge in [-0.15, -0.1) is 0 Å². The summed E-state index contributed by atoms with van der Waals surface area (Å²) in [6.45, 7) is 3.88. The maximum atomic E-state index is 11.7. The lowest BCUT2D eigenvalue weighted by molar-refractivity contribution is -0.140. The van der Waals surface area contributed by atoms with E-state index < -0.39 is 11.8 Å². The van der Waals surface area contributed by atoms with Gasteiger partial charge < -0.3 is 10.6 Å². The fourth-order valence-electron chi connectivity index (χ4n) is 2.07. The van der Waals surface area contributed by atoms with E-state index in [4.69, 9.17) is 0 Å². The van der Waals surface area contributed by atoms with Gasteiger partial charge >= 0.3 is 11.8 Å². The molecule has 98 valence electrons. The minimum Gasteiger partial charge on any atom is -0.345 e. The number of hydrogen-bond acceptors (Lipinski definition) is 2. The first-order valence-electron chi connectivity index (χ1n) is 6.74. The third-order valence-corrected chi connectivity index (χ3v) is 3.39. The highest BCUT2D eigenvalue weighted by atomic mass is 16.2. The summed E-state index contributed by atoms with van der Waals surface area (Å²) in [5.41, 5.74) is 0. The molecular formula is C13H24N2O2. The van der Waals surface area contributed by atoms with Crippen molar-refractivity contribution in [2.45, 2.75) is 70.9 Å². The Kier molecular flexibility index (Phi) is 6.01. The zero-order valence-corrected chi connectivity index (χ0v) is 10.9. The van der Waals surface area contributed by atoms with Crippen LogP contribution in [0.1, 0.15) is 58.8 Å². The molecule has 1 unspecified atom stereocenters. The normalized spacial score (nSPS) is 19.2. The summed E-state index contributed by atoms with van der Waals surface area (Å²) in [5.74, 6) is -0.971. The number of rotatable bonds is 3. The smallest absolute Gasteiger partial charge is 0.309 e. The average molecular weight is 240 g/mol. The fourth-order valence-corrected chi connectivity index (χ4v) is 2.07. The Bertz CT molecular complexity index is 258. The molecule has 2 amide bonds. The van der Waals surface area contributed by atoms with Gasteiger partial charge in [0, 0.05) is 12.1 Å². The average Bonchev–Trinajstić information content (AvgIpc) is 2.57. The Morgan fingerprint density at radius 3 is 2.24 bits per heavy atom. The van der Waals surface area contributed by atoms with Crippen molar-refractivity contribution in [1.29, 1.82) is 0 Å². The van der Waals surface area contributed by atoms with Crippen molar-refractivity contribution in [3.05, 3.63) is 0 Å². The van der Waals surface area contributed by atoms with E-state index >= 15 is 0 Å². The summed E-state index contributed by atoms with van der Waals surface area (Å²) in [6, 6.07) is 0.245. The van der Waals surface area contributed by atoms with Crippen LogP contribution in [0, 0.1) is 0 Å². The topological polar surface area (TPSA) is 58.2 Å². The molecule has 1 saturated carbocycles. The fraction of sp³-hybridized carbons (Fsp3) is 0.846. The highest BCUT2D eigenvalue weighted by Gasteiger charge is 2.20. The van der Waals surface area contributed by atoms with Crippen molar-refractivity contribution >= 4 is 11.8 Å². The van der Waals surface area contributed by atoms with Gasteiger partial charge in [0.2, 0.25) is 0 Å². The molecule has 0 bridgehead atoms. The predicted molar refractivity (Wildman–Crippen MR) is 67.5 cm³/mol. The van der Waals surface area contributed by atoms with Crippen LogP contribution in [0.3, 0.4) is 0 Å². The molecule has 0 spiro atoms. The molecule has 1 fully saturated rings. The molecular weight excluding hydrogens is 216 g/mol. The summed E-state index contributed by atoms with van der Waals surface area (Å²) in [6.07, 6.45) is 7.62. The van der Waals surface area contributed by atoms with E-state index in [1.807, 2.05) is 13.8 Å². The molecule has 1 rings (SSSR count). The van der Waals surface area contributed by atoms with Crippen LogP contribution in [0.5, 0.6) is 0 Å². The van der Waals surface area contributed by atoms with E-state index in [2.05, 4.69) is 10.6 Å². The van der Waals surface area contributed by atoms with Crippen molar-refractivity contribution in [2.75, 3.05) is 0 Å². The van der Waals surface area contributed by atoms with E-state index in [0.717, 1.165) is 32.1 Å². The van der Waals surface area contributed by atoms with Crippen LogP contribution < -0.4 is 10.6 Å².